The molecule has 134 valence electrons. The topological polar surface area (TPSA) is 103 Å². The van der Waals surface area contributed by atoms with Crippen LogP contribution in [-0.4, -0.2) is 30.9 Å². The number of carbonyl (C=O) groups is 1. The van der Waals surface area contributed by atoms with Crippen molar-refractivity contribution in [1.29, 1.82) is 0 Å². The number of aromatic nitrogens is 3. The summed E-state index contributed by atoms with van der Waals surface area (Å²) in [6, 6.07) is 8.09. The van der Waals surface area contributed by atoms with Crippen LogP contribution in [0.25, 0.3) is 17.0 Å². The Bertz CT molecular complexity index is 927. The molecule has 1 aromatic carbocycles. The molecule has 6 nitrogen and oxygen atoms in total. The second-order valence-electron chi connectivity index (χ2n) is 5.79. The molecule has 25 heavy (non-hydrogen) atoms. The molecule has 0 saturated carbocycles. The fraction of sp³-hybridized carbons (Fsp3) is 0.222. The Morgan fingerprint density at radius 2 is 1.92 bits per heavy atom. The first-order valence-electron chi connectivity index (χ1n) is 7.44. The summed E-state index contributed by atoms with van der Waals surface area (Å²) in [7, 11) is 2.01. The van der Waals surface area contributed by atoms with E-state index in [0.717, 1.165) is 28.0 Å². The van der Waals surface area contributed by atoms with Crippen LogP contribution in [0.3, 0.4) is 0 Å². The van der Waals surface area contributed by atoms with Gasteiger partial charge in [0.15, 0.2) is 5.78 Å². The van der Waals surface area contributed by atoms with E-state index in [1.165, 1.54) is 0 Å². The van der Waals surface area contributed by atoms with Crippen molar-refractivity contribution >= 4 is 35.2 Å². The quantitative estimate of drug-likeness (QED) is 0.694. The molecule has 2 aromatic heterocycles. The molecular weight excluding hydrogens is 342 g/mol. The van der Waals surface area contributed by atoms with Crippen molar-refractivity contribution in [3.05, 3.63) is 59.8 Å². The Labute approximate surface area is 151 Å². The summed E-state index contributed by atoms with van der Waals surface area (Å²) in [5, 5.41) is 1.04. The molecule has 0 amide bonds. The van der Waals surface area contributed by atoms with Crippen LogP contribution in [0.15, 0.2) is 42.7 Å². The molecule has 0 radical (unpaired) electrons. The van der Waals surface area contributed by atoms with Crippen LogP contribution in [0.2, 0.25) is 0 Å². The molecule has 0 saturated heterocycles. The van der Waals surface area contributed by atoms with Crippen LogP contribution in [0, 0.1) is 12.8 Å². The minimum Gasteiger partial charge on any atom is -0.412 e. The molecule has 1 atom stereocenters. The van der Waals surface area contributed by atoms with Gasteiger partial charge in [-0.1, -0.05) is 24.3 Å². The van der Waals surface area contributed by atoms with Crippen LogP contribution in [0.1, 0.15) is 21.9 Å². The van der Waals surface area contributed by atoms with Crippen LogP contribution in [0.4, 0.5) is 0 Å². The summed E-state index contributed by atoms with van der Waals surface area (Å²) in [6.07, 6.45) is 7.79. The first-order valence-corrected chi connectivity index (χ1v) is 7.44. The fourth-order valence-electron chi connectivity index (χ4n) is 3.30. The van der Waals surface area contributed by atoms with E-state index < -0.39 is 0 Å². The van der Waals surface area contributed by atoms with E-state index in [2.05, 4.69) is 21.7 Å². The molecule has 0 aliphatic heterocycles. The summed E-state index contributed by atoms with van der Waals surface area (Å²) in [5.41, 5.74) is 2.96. The third-order valence-electron chi connectivity index (χ3n) is 4.54. The van der Waals surface area contributed by atoms with E-state index in [0.29, 0.717) is 6.54 Å². The van der Waals surface area contributed by atoms with Crippen molar-refractivity contribution in [3.8, 4) is 0 Å². The number of para-hydroxylation sites is 1. The predicted octanol–water partition coefficient (Wildman–Crippen LogP) is 1.98. The van der Waals surface area contributed by atoms with E-state index in [1.54, 1.807) is 6.20 Å². The molecule has 0 bridgehead atoms. The van der Waals surface area contributed by atoms with Crippen molar-refractivity contribution in [2.24, 2.45) is 13.0 Å². The second kappa shape index (κ2) is 7.65. The number of hydrogen-bond donors (Lipinski definition) is 0. The Morgan fingerprint density at radius 3 is 2.60 bits per heavy atom. The van der Waals surface area contributed by atoms with Gasteiger partial charge >= 0.3 is 0 Å². The summed E-state index contributed by atoms with van der Waals surface area (Å²) < 4.78 is 4.13. The highest BCUT2D eigenvalue weighted by Gasteiger charge is 2.28. The highest BCUT2D eigenvalue weighted by molar-refractivity contribution is 6.14. The van der Waals surface area contributed by atoms with Crippen LogP contribution < -0.4 is 0 Å². The van der Waals surface area contributed by atoms with E-state index in [9.17, 15) is 4.79 Å². The van der Waals surface area contributed by atoms with E-state index in [-0.39, 0.29) is 35.1 Å². The van der Waals surface area contributed by atoms with Gasteiger partial charge in [0, 0.05) is 36.9 Å². The highest BCUT2D eigenvalue weighted by Crippen LogP contribution is 2.32. The maximum atomic E-state index is 13.0. The zero-order valence-corrected chi connectivity index (χ0v) is 14.9. The first kappa shape index (κ1) is 20.6. The van der Waals surface area contributed by atoms with Crippen molar-refractivity contribution in [2.45, 2.75) is 13.5 Å². The van der Waals surface area contributed by atoms with E-state index in [4.69, 9.17) is 0 Å². The Balaban J connectivity index is 0.00000104. The van der Waals surface area contributed by atoms with Crippen LogP contribution in [0.5, 0.6) is 0 Å². The summed E-state index contributed by atoms with van der Waals surface area (Å²) in [4.78, 5) is 17.2. The Morgan fingerprint density at radius 1 is 1.20 bits per heavy atom. The lowest BCUT2D eigenvalue weighted by atomic mass is 9.90. The van der Waals surface area contributed by atoms with Gasteiger partial charge in [0.25, 0.3) is 0 Å². The maximum Gasteiger partial charge on any atom is 0.174 e. The summed E-state index contributed by atoms with van der Waals surface area (Å²) in [6.45, 7) is 2.60. The lowest BCUT2D eigenvalue weighted by Crippen LogP contribution is -2.22. The van der Waals surface area contributed by atoms with Crippen molar-refractivity contribution in [1.82, 2.24) is 14.1 Å². The normalized spacial score (nSPS) is 15.1. The molecule has 1 aliphatic carbocycles. The number of rotatable bonds is 2. The Kier molecular flexibility index (Phi) is 6.31. The predicted molar refractivity (Wildman–Crippen MR) is 101 cm³/mol. The third-order valence-corrected chi connectivity index (χ3v) is 4.54. The monoisotopic (exact) mass is 363 g/mol. The minimum absolute atomic E-state index is 0. The SMILES string of the molecule is Cc1nccn1CC1C=Cc2c(c3ccccc3n2C)C1=O.Cl.O.O. The largest absolute Gasteiger partial charge is 0.412 e. The average Bonchev–Trinajstić information content (AvgIpc) is 3.05. The number of fused-ring (bicyclic) bond motifs is 3. The molecule has 2 heterocycles. The van der Waals surface area contributed by atoms with Crippen molar-refractivity contribution < 1.29 is 15.7 Å². The molecule has 1 unspecified atom stereocenters. The van der Waals surface area contributed by atoms with E-state index >= 15 is 0 Å². The lowest BCUT2D eigenvalue weighted by molar-refractivity contribution is 0.0934. The standard InChI is InChI=1S/C18H17N3O.ClH.2H2O/c1-12-19-9-10-21(12)11-13-7-8-16-17(18(13)22)14-5-3-4-6-15(14)20(16)2;;;/h3-10,13H,11H2,1-2H3;1H;2*1H2. The van der Waals surface area contributed by atoms with Gasteiger partial charge < -0.3 is 20.1 Å². The third kappa shape index (κ3) is 3.11. The number of benzene rings is 1. The minimum atomic E-state index is -0.133. The molecule has 0 spiro atoms. The number of Topliss-reactive ketones (excluding diaryl/α,β-unsaturated/α-hetero) is 1. The Hall–Kier alpha value is -2.41. The number of aryl methyl sites for hydroxylation is 2. The summed E-state index contributed by atoms with van der Waals surface area (Å²) >= 11 is 0. The van der Waals surface area contributed by atoms with Gasteiger partial charge in [-0.3, -0.25) is 4.79 Å². The van der Waals surface area contributed by atoms with Gasteiger partial charge in [-0.2, -0.15) is 0 Å². The number of imidazole rings is 1. The fourth-order valence-corrected chi connectivity index (χ4v) is 3.30. The van der Waals surface area contributed by atoms with Gasteiger partial charge in [0.1, 0.15) is 5.82 Å². The van der Waals surface area contributed by atoms with Gasteiger partial charge in [0.05, 0.1) is 17.2 Å². The average molecular weight is 364 g/mol. The number of nitrogens with zero attached hydrogens (tertiary/aromatic N) is 3. The van der Waals surface area contributed by atoms with Crippen LogP contribution in [-0.2, 0) is 13.6 Å². The summed E-state index contributed by atoms with van der Waals surface area (Å²) in [5.74, 6) is 0.999. The van der Waals surface area contributed by atoms with Gasteiger partial charge in [-0.15, -0.1) is 12.4 Å². The molecule has 4 rings (SSSR count). The first-order chi connectivity index (χ1) is 10.7. The molecular formula is C18H22ClN3O3. The number of halogens is 1. The number of carbonyl (C=O) groups excluding carboxylic acids is 1. The van der Waals surface area contributed by atoms with Gasteiger partial charge in [-0.05, 0) is 19.1 Å². The van der Waals surface area contributed by atoms with Crippen LogP contribution >= 0.6 is 12.4 Å². The zero-order chi connectivity index (χ0) is 15.3. The number of hydrogen-bond acceptors (Lipinski definition) is 2. The lowest BCUT2D eigenvalue weighted by Gasteiger charge is -2.18. The molecule has 0 fully saturated rings. The van der Waals surface area contributed by atoms with Crippen molar-refractivity contribution in [2.75, 3.05) is 0 Å². The molecule has 1 aliphatic rings. The molecule has 7 heteroatoms. The van der Waals surface area contributed by atoms with Gasteiger partial charge in [-0.25, -0.2) is 4.98 Å². The maximum absolute atomic E-state index is 13.0. The molecule has 4 N–H and O–H groups in total. The van der Waals surface area contributed by atoms with Gasteiger partial charge in [0.2, 0.25) is 0 Å². The number of ketones is 1. The smallest absolute Gasteiger partial charge is 0.174 e. The number of allylic oxidation sites excluding steroid dienone is 1. The van der Waals surface area contributed by atoms with Crippen molar-refractivity contribution in [3.63, 3.8) is 0 Å². The molecule has 3 aromatic rings. The van der Waals surface area contributed by atoms with E-state index in [1.807, 2.05) is 49.0 Å². The second-order valence-corrected chi connectivity index (χ2v) is 5.79. The zero-order valence-electron chi connectivity index (χ0n) is 14.1. The highest BCUT2D eigenvalue weighted by atomic mass is 35.5.